The van der Waals surface area contributed by atoms with Gasteiger partial charge in [-0.3, -0.25) is 0 Å². The average molecular weight is 443 g/mol. The molecule has 0 aliphatic carbocycles. The second kappa shape index (κ2) is 11.6. The Bertz CT molecular complexity index is 1110. The average Bonchev–Trinajstić information content (AvgIpc) is 2.83. The van der Waals surface area contributed by atoms with Crippen molar-refractivity contribution in [3.63, 3.8) is 0 Å². The zero-order valence-corrected chi connectivity index (χ0v) is 20.0. The van der Waals surface area contributed by atoms with Crippen LogP contribution in [0.15, 0.2) is 72.8 Å². The van der Waals surface area contributed by atoms with Gasteiger partial charge >= 0.3 is 5.97 Å². The van der Waals surface area contributed by atoms with Gasteiger partial charge < -0.3 is 9.84 Å². The lowest BCUT2D eigenvalue weighted by Gasteiger charge is -2.14. The molecule has 0 saturated carbocycles. The van der Waals surface area contributed by atoms with Crippen LogP contribution in [0.25, 0.3) is 11.1 Å². The fourth-order valence-electron chi connectivity index (χ4n) is 4.07. The number of aryl methyl sites for hydroxylation is 4. The van der Waals surface area contributed by atoms with Crippen molar-refractivity contribution < 1.29 is 14.6 Å². The van der Waals surface area contributed by atoms with E-state index in [-0.39, 0.29) is 6.61 Å². The maximum absolute atomic E-state index is 11.7. The highest BCUT2D eigenvalue weighted by molar-refractivity contribution is 5.88. The molecule has 0 spiro atoms. The molecule has 0 aliphatic heterocycles. The summed E-state index contributed by atoms with van der Waals surface area (Å²) in [5, 5.41) is 9.25. The molecule has 0 atom stereocenters. The summed E-state index contributed by atoms with van der Waals surface area (Å²) in [6.45, 7) is 9.82. The third kappa shape index (κ3) is 6.43. The maximum atomic E-state index is 11.7. The van der Waals surface area contributed by atoms with Crippen molar-refractivity contribution in [1.29, 1.82) is 0 Å². The van der Waals surface area contributed by atoms with Gasteiger partial charge in [-0.05, 0) is 90.1 Å². The van der Waals surface area contributed by atoms with E-state index in [0.717, 1.165) is 25.7 Å². The molecule has 3 aromatic carbocycles. The van der Waals surface area contributed by atoms with E-state index in [9.17, 15) is 9.90 Å². The normalized spacial score (nSPS) is 10.8. The monoisotopic (exact) mass is 442 g/mol. The number of benzene rings is 3. The first kappa shape index (κ1) is 24.5. The molecule has 0 radical (unpaired) electrons. The highest BCUT2D eigenvalue weighted by atomic mass is 16.5. The lowest BCUT2D eigenvalue weighted by atomic mass is 9.91. The fourth-order valence-corrected chi connectivity index (χ4v) is 4.07. The van der Waals surface area contributed by atoms with Gasteiger partial charge in [-0.2, -0.15) is 0 Å². The van der Waals surface area contributed by atoms with Crippen LogP contribution in [0.3, 0.4) is 0 Å². The van der Waals surface area contributed by atoms with Gasteiger partial charge in [0.05, 0.1) is 0 Å². The molecule has 0 bridgehead atoms. The number of carbonyl (C=O) groups excluding carboxylic acids is 1. The Hall–Kier alpha value is -3.17. The molecule has 3 aromatic rings. The molecule has 0 saturated heterocycles. The van der Waals surface area contributed by atoms with Crippen LogP contribution in [0, 0.1) is 0 Å². The number of rotatable bonds is 10. The van der Waals surface area contributed by atoms with Gasteiger partial charge in [-0.1, -0.05) is 69.0 Å². The number of aliphatic hydroxyl groups excluding tert-OH is 1. The van der Waals surface area contributed by atoms with E-state index in [0.29, 0.717) is 17.7 Å². The van der Waals surface area contributed by atoms with Crippen LogP contribution in [0.1, 0.15) is 48.6 Å². The first-order valence-corrected chi connectivity index (χ1v) is 11.8. The topological polar surface area (TPSA) is 46.5 Å². The molecule has 33 heavy (non-hydrogen) atoms. The Morgan fingerprint density at radius 2 is 1.52 bits per heavy atom. The van der Waals surface area contributed by atoms with E-state index >= 15 is 0 Å². The Morgan fingerprint density at radius 1 is 0.818 bits per heavy atom. The molecular weight excluding hydrogens is 408 g/mol. The first-order valence-electron chi connectivity index (χ1n) is 11.8. The molecule has 0 fully saturated rings. The Kier molecular flexibility index (Phi) is 8.62. The van der Waals surface area contributed by atoms with Crippen LogP contribution < -0.4 is 4.74 Å². The highest BCUT2D eigenvalue weighted by Gasteiger charge is 2.10. The van der Waals surface area contributed by atoms with Crippen molar-refractivity contribution in [1.82, 2.24) is 0 Å². The summed E-state index contributed by atoms with van der Waals surface area (Å²) in [4.78, 5) is 11.7. The SMILES string of the molecule is C=C(C)C(=O)Oc1ccc(CCc2ccc(-c3ccc(CCO)cc3CC)cc2CC)cc1. The van der Waals surface area contributed by atoms with Crippen LogP contribution in [0.2, 0.25) is 0 Å². The number of carbonyl (C=O) groups is 1. The third-order valence-corrected chi connectivity index (χ3v) is 6.01. The van der Waals surface area contributed by atoms with Gasteiger partial charge in [0.1, 0.15) is 5.75 Å². The molecule has 172 valence electrons. The molecule has 0 aromatic heterocycles. The number of aliphatic hydroxyl groups is 1. The van der Waals surface area contributed by atoms with E-state index < -0.39 is 5.97 Å². The largest absolute Gasteiger partial charge is 0.423 e. The molecule has 3 rings (SSSR count). The summed E-state index contributed by atoms with van der Waals surface area (Å²) in [6.07, 6.45) is 4.55. The van der Waals surface area contributed by atoms with E-state index in [1.165, 1.54) is 38.9 Å². The Morgan fingerprint density at radius 3 is 2.15 bits per heavy atom. The fraction of sp³-hybridized carbons (Fsp3) is 0.300. The molecule has 0 heterocycles. The van der Waals surface area contributed by atoms with Crippen LogP contribution >= 0.6 is 0 Å². The minimum Gasteiger partial charge on any atom is -0.423 e. The predicted molar refractivity (Wildman–Crippen MR) is 136 cm³/mol. The summed E-state index contributed by atoms with van der Waals surface area (Å²) in [5.74, 6) is 0.145. The van der Waals surface area contributed by atoms with Crippen molar-refractivity contribution in [3.05, 3.63) is 101 Å². The number of hydrogen-bond acceptors (Lipinski definition) is 3. The zero-order chi connectivity index (χ0) is 23.8. The minimum atomic E-state index is -0.398. The second-order valence-electron chi connectivity index (χ2n) is 8.47. The molecule has 0 aliphatic rings. The Labute approximate surface area is 197 Å². The number of hydrogen-bond donors (Lipinski definition) is 1. The van der Waals surface area contributed by atoms with Crippen molar-refractivity contribution in [3.8, 4) is 16.9 Å². The minimum absolute atomic E-state index is 0.180. The number of ether oxygens (including phenoxy) is 1. The standard InChI is InChI=1S/C30H34O3/c1-5-24-20-27(29-16-10-23(17-18-31)19-25(29)6-2)13-12-26(24)11-7-22-8-14-28(15-9-22)33-30(32)21(3)4/h8-10,12-16,19-20,31H,3,5-7,11,17-18H2,1-2,4H3. The van der Waals surface area contributed by atoms with Crippen molar-refractivity contribution in [2.75, 3.05) is 6.61 Å². The van der Waals surface area contributed by atoms with Gasteiger partial charge in [0.25, 0.3) is 0 Å². The molecule has 1 N–H and O–H groups in total. The summed E-state index contributed by atoms with van der Waals surface area (Å²) < 4.78 is 5.27. The van der Waals surface area contributed by atoms with Crippen molar-refractivity contribution in [2.24, 2.45) is 0 Å². The summed E-state index contributed by atoms with van der Waals surface area (Å²) in [5.41, 5.74) is 9.39. The van der Waals surface area contributed by atoms with Crippen molar-refractivity contribution in [2.45, 2.75) is 52.9 Å². The van der Waals surface area contributed by atoms with Gasteiger partial charge in [0, 0.05) is 12.2 Å². The number of esters is 1. The smallest absolute Gasteiger partial charge is 0.338 e. The van der Waals surface area contributed by atoms with E-state index in [2.05, 4.69) is 56.8 Å². The highest BCUT2D eigenvalue weighted by Crippen LogP contribution is 2.28. The molecule has 3 nitrogen and oxygen atoms in total. The first-order chi connectivity index (χ1) is 15.9. The van der Waals surface area contributed by atoms with Crippen LogP contribution in [0.4, 0.5) is 0 Å². The lowest BCUT2D eigenvalue weighted by Crippen LogP contribution is -2.08. The lowest BCUT2D eigenvalue weighted by molar-refractivity contribution is -0.130. The van der Waals surface area contributed by atoms with Crippen LogP contribution in [-0.2, 0) is 36.9 Å². The Balaban J connectivity index is 1.73. The quantitative estimate of drug-likeness (QED) is 0.228. The van der Waals surface area contributed by atoms with Crippen molar-refractivity contribution >= 4 is 5.97 Å². The molecular formula is C30H34O3. The molecule has 0 amide bonds. The summed E-state index contributed by atoms with van der Waals surface area (Å²) >= 11 is 0. The third-order valence-electron chi connectivity index (χ3n) is 6.01. The van der Waals surface area contributed by atoms with Gasteiger partial charge in [-0.25, -0.2) is 4.79 Å². The van der Waals surface area contributed by atoms with Gasteiger partial charge in [0.2, 0.25) is 0 Å². The predicted octanol–water partition coefficient (Wildman–Crippen LogP) is 6.28. The van der Waals surface area contributed by atoms with Crippen LogP contribution in [0.5, 0.6) is 5.75 Å². The van der Waals surface area contributed by atoms with Gasteiger partial charge in [0.15, 0.2) is 0 Å². The maximum Gasteiger partial charge on any atom is 0.338 e. The van der Waals surface area contributed by atoms with Gasteiger partial charge in [-0.15, -0.1) is 0 Å². The summed E-state index contributed by atoms with van der Waals surface area (Å²) in [7, 11) is 0. The zero-order valence-electron chi connectivity index (χ0n) is 20.0. The molecule has 3 heteroatoms. The molecule has 0 unspecified atom stereocenters. The second-order valence-corrected chi connectivity index (χ2v) is 8.47. The van der Waals surface area contributed by atoms with E-state index in [1.54, 1.807) is 6.92 Å². The van der Waals surface area contributed by atoms with E-state index in [4.69, 9.17) is 4.74 Å². The van der Waals surface area contributed by atoms with E-state index in [1.807, 2.05) is 24.3 Å². The summed E-state index contributed by atoms with van der Waals surface area (Å²) in [6, 6.07) is 21.1. The van der Waals surface area contributed by atoms with Crippen LogP contribution in [-0.4, -0.2) is 17.7 Å².